The Morgan fingerprint density at radius 1 is 0.966 bits per heavy atom. The number of carbonyl (C=O) groups is 2. The summed E-state index contributed by atoms with van der Waals surface area (Å²) in [5, 5.41) is 25.2. The lowest BCUT2D eigenvalue weighted by atomic mass is 10.0. The lowest BCUT2D eigenvalue weighted by Crippen LogP contribution is -2.31. The standard InChI is InChI=1S/C19H21NO.C4H4O4/c21-19-10-4-8-17(14-19)18-9-5-12-20(15-18)13-11-16-6-2-1-3-7-16;5-3(6)1-2-4(7)8/h1-4,6-10,14,21H,5,11-13,15H2;1-2H,(H,5,6)(H,7,8). The number of phenols is 1. The summed E-state index contributed by atoms with van der Waals surface area (Å²) in [5.74, 6) is -2.17. The molecule has 2 aromatic rings. The van der Waals surface area contributed by atoms with Gasteiger partial charge in [0.05, 0.1) is 0 Å². The van der Waals surface area contributed by atoms with Crippen LogP contribution in [0, 0.1) is 0 Å². The molecule has 0 radical (unpaired) electrons. The van der Waals surface area contributed by atoms with Gasteiger partial charge in [-0.05, 0) is 41.7 Å². The van der Waals surface area contributed by atoms with Gasteiger partial charge in [0.25, 0.3) is 0 Å². The highest BCUT2D eigenvalue weighted by Gasteiger charge is 2.14. The fraction of sp³-hybridized carbons (Fsp3) is 0.217. The Bertz CT molecular complexity index is 858. The number of carboxylic acid groups (broad SMARTS) is 2. The second-order valence-electron chi connectivity index (χ2n) is 6.59. The minimum Gasteiger partial charge on any atom is -0.508 e. The molecule has 1 aliphatic heterocycles. The van der Waals surface area contributed by atoms with Gasteiger partial charge < -0.3 is 15.3 Å². The Balaban J connectivity index is 0.000000321. The summed E-state index contributed by atoms with van der Waals surface area (Å²) >= 11 is 0. The van der Waals surface area contributed by atoms with E-state index in [1.165, 1.54) is 11.1 Å². The number of hydrogen-bond donors (Lipinski definition) is 3. The van der Waals surface area contributed by atoms with Crippen molar-refractivity contribution in [3.63, 3.8) is 0 Å². The highest BCUT2D eigenvalue weighted by Crippen LogP contribution is 2.23. The van der Waals surface area contributed by atoms with Crippen LogP contribution in [0.3, 0.4) is 0 Å². The molecule has 0 aromatic heterocycles. The molecule has 2 aromatic carbocycles. The molecule has 0 saturated carbocycles. The van der Waals surface area contributed by atoms with E-state index in [-0.39, 0.29) is 0 Å². The van der Waals surface area contributed by atoms with Gasteiger partial charge >= 0.3 is 11.9 Å². The van der Waals surface area contributed by atoms with Crippen LogP contribution in [0.5, 0.6) is 5.75 Å². The average Bonchev–Trinajstić information content (AvgIpc) is 2.72. The molecule has 1 aliphatic rings. The maximum Gasteiger partial charge on any atom is 0.328 e. The lowest BCUT2D eigenvalue weighted by Gasteiger charge is -2.27. The predicted octanol–water partition coefficient (Wildman–Crippen LogP) is 3.44. The molecule has 1 heterocycles. The van der Waals surface area contributed by atoms with Crippen LogP contribution in [0.15, 0.2) is 72.8 Å². The maximum atomic E-state index is 9.62. The van der Waals surface area contributed by atoms with Gasteiger partial charge in [-0.3, -0.25) is 4.90 Å². The largest absolute Gasteiger partial charge is 0.508 e. The first-order chi connectivity index (χ1) is 13.9. The number of aromatic hydroxyl groups is 1. The third-order valence-electron chi connectivity index (χ3n) is 4.37. The molecule has 3 rings (SSSR count). The van der Waals surface area contributed by atoms with Gasteiger partial charge in [-0.25, -0.2) is 9.59 Å². The smallest absolute Gasteiger partial charge is 0.328 e. The number of benzene rings is 2. The van der Waals surface area contributed by atoms with Gasteiger partial charge in [0.15, 0.2) is 0 Å². The zero-order valence-electron chi connectivity index (χ0n) is 16.1. The van der Waals surface area contributed by atoms with E-state index in [0.717, 1.165) is 38.0 Å². The summed E-state index contributed by atoms with van der Waals surface area (Å²) in [7, 11) is 0. The summed E-state index contributed by atoms with van der Waals surface area (Å²) in [4.78, 5) is 21.6. The molecule has 6 heteroatoms. The summed E-state index contributed by atoms with van der Waals surface area (Å²) in [6, 6.07) is 18.2. The third kappa shape index (κ3) is 8.45. The van der Waals surface area contributed by atoms with E-state index in [1.807, 2.05) is 12.1 Å². The fourth-order valence-corrected chi connectivity index (χ4v) is 2.99. The Morgan fingerprint density at radius 3 is 2.28 bits per heavy atom. The van der Waals surface area contributed by atoms with Gasteiger partial charge in [0, 0.05) is 31.8 Å². The van der Waals surface area contributed by atoms with Crippen LogP contribution >= 0.6 is 0 Å². The zero-order chi connectivity index (χ0) is 21.1. The van der Waals surface area contributed by atoms with Crippen LogP contribution in [0.4, 0.5) is 0 Å². The van der Waals surface area contributed by atoms with Gasteiger partial charge in [0.1, 0.15) is 5.75 Å². The van der Waals surface area contributed by atoms with Crippen LogP contribution in [-0.4, -0.2) is 51.8 Å². The molecule has 0 spiro atoms. The molecule has 6 nitrogen and oxygen atoms in total. The van der Waals surface area contributed by atoms with Crippen molar-refractivity contribution in [2.24, 2.45) is 0 Å². The lowest BCUT2D eigenvalue weighted by molar-refractivity contribution is -0.134. The second kappa shape index (κ2) is 11.5. The first kappa shape index (κ1) is 21.9. The normalized spacial score (nSPS) is 14.0. The predicted molar refractivity (Wildman–Crippen MR) is 112 cm³/mol. The summed E-state index contributed by atoms with van der Waals surface area (Å²) in [6.07, 6.45) is 5.59. The Labute approximate surface area is 170 Å². The van der Waals surface area contributed by atoms with Gasteiger partial charge in [-0.1, -0.05) is 48.5 Å². The SMILES string of the molecule is O=C(O)C=CC(=O)O.Oc1cccc(C2=CCCN(CCc3ccccc3)C2)c1. The molecular formula is C23H25NO5. The topological polar surface area (TPSA) is 98.1 Å². The molecule has 0 amide bonds. The van der Waals surface area contributed by atoms with Crippen molar-refractivity contribution in [2.45, 2.75) is 12.8 Å². The number of rotatable bonds is 6. The molecule has 0 atom stereocenters. The minimum atomic E-state index is -1.26. The molecule has 0 unspecified atom stereocenters. The van der Waals surface area contributed by atoms with E-state index in [2.05, 4.69) is 47.4 Å². The number of phenolic OH excluding ortho intramolecular Hbond substituents is 1. The Hall–Kier alpha value is -3.38. The van der Waals surface area contributed by atoms with E-state index in [9.17, 15) is 14.7 Å². The Morgan fingerprint density at radius 2 is 1.66 bits per heavy atom. The number of carboxylic acids is 2. The maximum absolute atomic E-state index is 9.62. The van der Waals surface area contributed by atoms with E-state index in [0.29, 0.717) is 17.9 Å². The molecular weight excluding hydrogens is 370 g/mol. The fourth-order valence-electron chi connectivity index (χ4n) is 2.99. The molecule has 152 valence electrons. The minimum absolute atomic E-state index is 0.342. The van der Waals surface area contributed by atoms with Crippen molar-refractivity contribution in [3.05, 3.63) is 84.0 Å². The van der Waals surface area contributed by atoms with Gasteiger partial charge in [0.2, 0.25) is 0 Å². The summed E-state index contributed by atoms with van der Waals surface area (Å²) in [5.41, 5.74) is 3.86. The zero-order valence-corrected chi connectivity index (χ0v) is 16.1. The molecule has 0 fully saturated rings. The quantitative estimate of drug-likeness (QED) is 0.648. The summed E-state index contributed by atoms with van der Waals surface area (Å²) < 4.78 is 0. The first-order valence-corrected chi connectivity index (χ1v) is 9.32. The highest BCUT2D eigenvalue weighted by atomic mass is 16.4. The summed E-state index contributed by atoms with van der Waals surface area (Å²) in [6.45, 7) is 3.17. The number of aliphatic carboxylic acids is 2. The van der Waals surface area contributed by atoms with Crippen LogP contribution in [0.1, 0.15) is 17.5 Å². The van der Waals surface area contributed by atoms with E-state index in [4.69, 9.17) is 10.2 Å². The van der Waals surface area contributed by atoms with Crippen LogP contribution < -0.4 is 0 Å². The van der Waals surface area contributed by atoms with Crippen LogP contribution in [-0.2, 0) is 16.0 Å². The van der Waals surface area contributed by atoms with Gasteiger partial charge in [-0.2, -0.15) is 0 Å². The molecule has 3 N–H and O–H groups in total. The average molecular weight is 395 g/mol. The highest BCUT2D eigenvalue weighted by molar-refractivity contribution is 5.89. The molecule has 0 aliphatic carbocycles. The van der Waals surface area contributed by atoms with Crippen molar-refractivity contribution in [1.82, 2.24) is 4.90 Å². The number of hydrogen-bond acceptors (Lipinski definition) is 4. The molecule has 0 bridgehead atoms. The van der Waals surface area contributed by atoms with Crippen molar-refractivity contribution < 1.29 is 24.9 Å². The first-order valence-electron chi connectivity index (χ1n) is 9.32. The van der Waals surface area contributed by atoms with Gasteiger partial charge in [-0.15, -0.1) is 0 Å². The second-order valence-corrected chi connectivity index (χ2v) is 6.59. The van der Waals surface area contributed by atoms with Crippen LogP contribution in [0.25, 0.3) is 5.57 Å². The van der Waals surface area contributed by atoms with E-state index in [1.54, 1.807) is 6.07 Å². The van der Waals surface area contributed by atoms with Crippen molar-refractivity contribution >= 4 is 17.5 Å². The van der Waals surface area contributed by atoms with Crippen molar-refractivity contribution in [1.29, 1.82) is 0 Å². The third-order valence-corrected chi connectivity index (χ3v) is 4.37. The van der Waals surface area contributed by atoms with Crippen molar-refractivity contribution in [2.75, 3.05) is 19.6 Å². The van der Waals surface area contributed by atoms with E-state index < -0.39 is 11.9 Å². The number of nitrogens with zero attached hydrogens (tertiary/aromatic N) is 1. The molecule has 0 saturated heterocycles. The monoisotopic (exact) mass is 395 g/mol. The van der Waals surface area contributed by atoms with Crippen LogP contribution in [0.2, 0.25) is 0 Å². The Kier molecular flexibility index (Phi) is 8.66. The van der Waals surface area contributed by atoms with Crippen molar-refractivity contribution in [3.8, 4) is 5.75 Å². The van der Waals surface area contributed by atoms with E-state index >= 15 is 0 Å². The molecule has 29 heavy (non-hydrogen) atoms.